The van der Waals surface area contributed by atoms with E-state index in [9.17, 15) is 13.6 Å². The van der Waals surface area contributed by atoms with Crippen LogP contribution >= 0.6 is 0 Å². The zero-order valence-corrected chi connectivity index (χ0v) is 11.6. The molecule has 0 saturated carbocycles. The molecule has 0 bridgehead atoms. The summed E-state index contributed by atoms with van der Waals surface area (Å²) in [5, 5.41) is 6.18. The predicted octanol–water partition coefficient (Wildman–Crippen LogP) is 2.01. The van der Waals surface area contributed by atoms with Crippen molar-refractivity contribution in [2.45, 2.75) is 26.2 Å². The molecule has 0 spiro atoms. The summed E-state index contributed by atoms with van der Waals surface area (Å²) < 4.78 is 25.8. The molecular weight excluding hydrogens is 262 g/mol. The van der Waals surface area contributed by atoms with Crippen molar-refractivity contribution < 1.29 is 13.6 Å². The highest BCUT2D eigenvalue weighted by Crippen LogP contribution is 2.26. The molecule has 3 nitrogen and oxygen atoms in total. The van der Waals surface area contributed by atoms with E-state index >= 15 is 0 Å². The molecule has 0 radical (unpaired) electrons. The first kappa shape index (κ1) is 14.9. The molecule has 1 fully saturated rings. The molecule has 5 heteroatoms. The number of nitrogens with one attached hydrogen (secondary N) is 2. The third-order valence-electron chi connectivity index (χ3n) is 3.87. The number of halogens is 2. The largest absolute Gasteiger partial charge is 0.355 e. The number of rotatable bonds is 4. The van der Waals surface area contributed by atoms with Crippen molar-refractivity contribution in [2.75, 3.05) is 19.6 Å². The predicted molar refractivity (Wildman–Crippen MR) is 73.3 cm³/mol. The minimum atomic E-state index is -0.916. The maximum Gasteiger partial charge on any atom is 0.224 e. The zero-order chi connectivity index (χ0) is 14.6. The SMILES string of the molecule is CC1(CNC(=O)Cc2ccc(F)c(F)c2)CCNCC1. The summed E-state index contributed by atoms with van der Waals surface area (Å²) in [4.78, 5) is 11.9. The van der Waals surface area contributed by atoms with E-state index < -0.39 is 11.6 Å². The number of piperidine rings is 1. The van der Waals surface area contributed by atoms with Crippen molar-refractivity contribution in [1.82, 2.24) is 10.6 Å². The van der Waals surface area contributed by atoms with Crippen LogP contribution in [-0.2, 0) is 11.2 Å². The van der Waals surface area contributed by atoms with E-state index in [1.165, 1.54) is 6.07 Å². The maximum atomic E-state index is 13.1. The number of benzene rings is 1. The van der Waals surface area contributed by atoms with Crippen LogP contribution in [0.1, 0.15) is 25.3 Å². The van der Waals surface area contributed by atoms with Crippen LogP contribution in [0, 0.1) is 17.0 Å². The summed E-state index contributed by atoms with van der Waals surface area (Å²) >= 11 is 0. The third-order valence-corrected chi connectivity index (χ3v) is 3.87. The van der Waals surface area contributed by atoms with Crippen molar-refractivity contribution in [1.29, 1.82) is 0 Å². The van der Waals surface area contributed by atoms with Crippen molar-refractivity contribution in [2.24, 2.45) is 5.41 Å². The molecule has 2 N–H and O–H groups in total. The summed E-state index contributed by atoms with van der Waals surface area (Å²) in [5.41, 5.74) is 0.603. The van der Waals surface area contributed by atoms with E-state index in [-0.39, 0.29) is 17.7 Å². The lowest BCUT2D eigenvalue weighted by Gasteiger charge is -2.34. The van der Waals surface area contributed by atoms with Crippen LogP contribution in [0.3, 0.4) is 0 Å². The minimum absolute atomic E-state index is 0.0749. The molecule has 110 valence electrons. The van der Waals surface area contributed by atoms with E-state index in [2.05, 4.69) is 17.6 Å². The van der Waals surface area contributed by atoms with E-state index in [0.29, 0.717) is 12.1 Å². The van der Waals surface area contributed by atoms with Crippen LogP contribution in [0.4, 0.5) is 8.78 Å². The zero-order valence-electron chi connectivity index (χ0n) is 11.6. The fourth-order valence-corrected chi connectivity index (χ4v) is 2.42. The average molecular weight is 282 g/mol. The van der Waals surface area contributed by atoms with Crippen molar-refractivity contribution in [3.63, 3.8) is 0 Å². The fourth-order valence-electron chi connectivity index (χ4n) is 2.42. The lowest BCUT2D eigenvalue weighted by atomic mass is 9.81. The van der Waals surface area contributed by atoms with Gasteiger partial charge in [-0.15, -0.1) is 0 Å². The van der Waals surface area contributed by atoms with Crippen LogP contribution in [-0.4, -0.2) is 25.5 Å². The molecule has 1 aliphatic heterocycles. The highest BCUT2D eigenvalue weighted by Gasteiger charge is 2.26. The van der Waals surface area contributed by atoms with Crippen molar-refractivity contribution >= 4 is 5.91 Å². The van der Waals surface area contributed by atoms with Crippen LogP contribution in [0.15, 0.2) is 18.2 Å². The molecule has 0 atom stereocenters. The van der Waals surface area contributed by atoms with E-state index in [4.69, 9.17) is 0 Å². The summed E-state index contributed by atoms with van der Waals surface area (Å²) in [6.07, 6.45) is 2.13. The second-order valence-electron chi connectivity index (χ2n) is 5.76. The Bertz CT molecular complexity index is 485. The molecule has 2 rings (SSSR count). The Morgan fingerprint density at radius 2 is 2.00 bits per heavy atom. The second kappa shape index (κ2) is 6.31. The summed E-state index contributed by atoms with van der Waals surface area (Å²) in [6.45, 7) is 4.72. The van der Waals surface area contributed by atoms with E-state index in [0.717, 1.165) is 38.1 Å². The van der Waals surface area contributed by atoms with Gasteiger partial charge in [0.25, 0.3) is 0 Å². The van der Waals surface area contributed by atoms with Crippen LogP contribution in [0.5, 0.6) is 0 Å². The van der Waals surface area contributed by atoms with Crippen molar-refractivity contribution in [3.05, 3.63) is 35.4 Å². The van der Waals surface area contributed by atoms with Crippen LogP contribution in [0.2, 0.25) is 0 Å². The third kappa shape index (κ3) is 4.00. The standard InChI is InChI=1S/C15H20F2N2O/c1-15(4-6-18-7-5-15)10-19-14(20)9-11-2-3-12(16)13(17)8-11/h2-3,8,18H,4-7,9-10H2,1H3,(H,19,20). The number of carbonyl (C=O) groups excluding carboxylic acids is 1. The molecular formula is C15H20F2N2O. The van der Waals surface area contributed by atoms with Gasteiger partial charge in [0.05, 0.1) is 6.42 Å². The molecule has 0 aromatic heterocycles. The van der Waals surface area contributed by atoms with Gasteiger partial charge in [-0.05, 0) is 49.0 Å². The lowest BCUT2D eigenvalue weighted by Crippen LogP contribution is -2.43. The molecule has 1 amide bonds. The van der Waals surface area contributed by atoms with Gasteiger partial charge in [0.1, 0.15) is 0 Å². The van der Waals surface area contributed by atoms with Crippen LogP contribution < -0.4 is 10.6 Å². The first-order valence-electron chi connectivity index (χ1n) is 6.90. The fraction of sp³-hybridized carbons (Fsp3) is 0.533. The van der Waals surface area contributed by atoms with Gasteiger partial charge in [0.2, 0.25) is 5.91 Å². The molecule has 1 saturated heterocycles. The summed E-state index contributed by atoms with van der Waals surface area (Å²) in [7, 11) is 0. The smallest absolute Gasteiger partial charge is 0.224 e. The Labute approximate surface area is 117 Å². The monoisotopic (exact) mass is 282 g/mol. The van der Waals surface area contributed by atoms with Gasteiger partial charge in [-0.25, -0.2) is 8.78 Å². The molecule has 1 aliphatic rings. The topological polar surface area (TPSA) is 41.1 Å². The summed E-state index contributed by atoms with van der Waals surface area (Å²) in [6, 6.07) is 3.55. The average Bonchev–Trinajstić information content (AvgIpc) is 2.42. The van der Waals surface area contributed by atoms with Gasteiger partial charge < -0.3 is 10.6 Å². The van der Waals surface area contributed by atoms with Crippen LogP contribution in [0.25, 0.3) is 0 Å². The Morgan fingerprint density at radius 1 is 1.30 bits per heavy atom. The normalized spacial score (nSPS) is 17.8. The quantitative estimate of drug-likeness (QED) is 0.887. The van der Waals surface area contributed by atoms with Gasteiger partial charge in [-0.1, -0.05) is 13.0 Å². The number of hydrogen-bond acceptors (Lipinski definition) is 2. The molecule has 1 aromatic rings. The van der Waals surface area contributed by atoms with Crippen molar-refractivity contribution in [3.8, 4) is 0 Å². The first-order chi connectivity index (χ1) is 9.48. The molecule has 20 heavy (non-hydrogen) atoms. The number of hydrogen-bond donors (Lipinski definition) is 2. The number of amides is 1. The Hall–Kier alpha value is -1.49. The first-order valence-corrected chi connectivity index (χ1v) is 6.90. The highest BCUT2D eigenvalue weighted by atomic mass is 19.2. The van der Waals surface area contributed by atoms with Gasteiger partial charge in [0, 0.05) is 6.54 Å². The molecule has 0 unspecified atom stereocenters. The Kier molecular flexibility index (Phi) is 4.70. The van der Waals surface area contributed by atoms with Gasteiger partial charge in [-0.2, -0.15) is 0 Å². The Morgan fingerprint density at radius 3 is 2.65 bits per heavy atom. The minimum Gasteiger partial charge on any atom is -0.355 e. The lowest BCUT2D eigenvalue weighted by molar-refractivity contribution is -0.121. The molecule has 0 aliphatic carbocycles. The molecule has 1 aromatic carbocycles. The maximum absolute atomic E-state index is 13.1. The van der Waals surface area contributed by atoms with E-state index in [1.807, 2.05) is 0 Å². The van der Waals surface area contributed by atoms with E-state index in [1.54, 1.807) is 0 Å². The van der Waals surface area contributed by atoms with Gasteiger partial charge >= 0.3 is 0 Å². The second-order valence-corrected chi connectivity index (χ2v) is 5.76. The highest BCUT2D eigenvalue weighted by molar-refractivity contribution is 5.78. The molecule has 1 heterocycles. The number of carbonyl (C=O) groups is 1. The van der Waals surface area contributed by atoms with Gasteiger partial charge in [-0.3, -0.25) is 4.79 Å². The Balaban J connectivity index is 1.84. The summed E-state index contributed by atoms with van der Waals surface area (Å²) in [5.74, 6) is -1.97. The van der Waals surface area contributed by atoms with Gasteiger partial charge in [0.15, 0.2) is 11.6 Å².